The van der Waals surface area contributed by atoms with E-state index in [1.807, 2.05) is 0 Å². The molecule has 0 N–H and O–H groups in total. The van der Waals surface area contributed by atoms with E-state index in [1.54, 1.807) is 0 Å². The Kier molecular flexibility index (Phi) is 4.13. The van der Waals surface area contributed by atoms with Gasteiger partial charge >= 0.3 is 0 Å². The SMILES string of the molecule is CC(C)(C)C(Br)Cc1ncc(Cl)cc1F. The van der Waals surface area contributed by atoms with Crippen molar-refractivity contribution in [3.05, 3.63) is 28.8 Å². The van der Waals surface area contributed by atoms with Crippen LogP contribution >= 0.6 is 27.5 Å². The highest BCUT2D eigenvalue weighted by atomic mass is 79.9. The van der Waals surface area contributed by atoms with Crippen molar-refractivity contribution in [1.29, 1.82) is 0 Å². The molecule has 1 rings (SSSR count). The van der Waals surface area contributed by atoms with Gasteiger partial charge in [0.15, 0.2) is 0 Å². The van der Waals surface area contributed by atoms with Crippen LogP contribution in [-0.2, 0) is 6.42 Å². The summed E-state index contributed by atoms with van der Waals surface area (Å²) in [5, 5.41) is 0.332. The average Bonchev–Trinajstić information content (AvgIpc) is 2.08. The number of hydrogen-bond donors (Lipinski definition) is 0. The zero-order valence-electron chi connectivity index (χ0n) is 9.02. The molecule has 1 heterocycles. The third-order valence-electron chi connectivity index (χ3n) is 2.20. The van der Waals surface area contributed by atoms with Gasteiger partial charge in [0.1, 0.15) is 5.82 Å². The van der Waals surface area contributed by atoms with E-state index in [-0.39, 0.29) is 16.1 Å². The molecule has 4 heteroatoms. The van der Waals surface area contributed by atoms with Crippen molar-refractivity contribution < 1.29 is 4.39 Å². The minimum Gasteiger partial charge on any atom is -0.257 e. The first-order chi connectivity index (χ1) is 6.80. The molecule has 0 aliphatic rings. The quantitative estimate of drug-likeness (QED) is 0.744. The van der Waals surface area contributed by atoms with Gasteiger partial charge in [0.25, 0.3) is 0 Å². The van der Waals surface area contributed by atoms with Crippen LogP contribution in [0, 0.1) is 11.2 Å². The summed E-state index contributed by atoms with van der Waals surface area (Å²) in [7, 11) is 0. The van der Waals surface area contributed by atoms with Gasteiger partial charge in [0, 0.05) is 17.4 Å². The molecule has 0 saturated heterocycles. The normalized spacial score (nSPS) is 14.0. The van der Waals surface area contributed by atoms with Crippen LogP contribution in [0.25, 0.3) is 0 Å². The molecule has 0 fully saturated rings. The Bertz CT molecular complexity index is 349. The van der Waals surface area contributed by atoms with E-state index in [0.717, 1.165) is 0 Å². The maximum absolute atomic E-state index is 13.4. The molecular formula is C11H14BrClFN. The fourth-order valence-electron chi connectivity index (χ4n) is 1.07. The molecule has 1 unspecified atom stereocenters. The van der Waals surface area contributed by atoms with Crippen LogP contribution in [0.3, 0.4) is 0 Å². The summed E-state index contributed by atoms with van der Waals surface area (Å²) in [6, 6.07) is 1.30. The first-order valence-electron chi connectivity index (χ1n) is 4.74. The average molecular weight is 295 g/mol. The molecule has 0 amide bonds. The van der Waals surface area contributed by atoms with E-state index < -0.39 is 0 Å². The lowest BCUT2D eigenvalue weighted by atomic mass is 9.89. The number of rotatable bonds is 2. The fraction of sp³-hybridized carbons (Fsp3) is 0.545. The summed E-state index contributed by atoms with van der Waals surface area (Å²) in [6.07, 6.45) is 2.04. The molecule has 0 aliphatic carbocycles. The van der Waals surface area contributed by atoms with Crippen molar-refractivity contribution in [2.45, 2.75) is 32.0 Å². The van der Waals surface area contributed by atoms with E-state index in [9.17, 15) is 4.39 Å². The molecule has 0 radical (unpaired) electrons. The van der Waals surface area contributed by atoms with Gasteiger partial charge in [0.05, 0.1) is 10.7 Å². The van der Waals surface area contributed by atoms with Crippen LogP contribution in [-0.4, -0.2) is 9.81 Å². The molecule has 1 nitrogen and oxygen atoms in total. The Morgan fingerprint density at radius 2 is 2.13 bits per heavy atom. The zero-order chi connectivity index (χ0) is 11.6. The van der Waals surface area contributed by atoms with Gasteiger partial charge in [-0.1, -0.05) is 48.3 Å². The van der Waals surface area contributed by atoms with Crippen LogP contribution < -0.4 is 0 Å². The van der Waals surface area contributed by atoms with Crippen molar-refractivity contribution >= 4 is 27.5 Å². The molecule has 84 valence electrons. The van der Waals surface area contributed by atoms with Crippen molar-refractivity contribution in [2.24, 2.45) is 5.41 Å². The fourth-order valence-corrected chi connectivity index (χ4v) is 1.52. The number of aromatic nitrogens is 1. The zero-order valence-corrected chi connectivity index (χ0v) is 11.4. The van der Waals surface area contributed by atoms with Crippen molar-refractivity contribution in [2.75, 3.05) is 0 Å². The molecule has 15 heavy (non-hydrogen) atoms. The lowest BCUT2D eigenvalue weighted by Crippen LogP contribution is -2.23. The van der Waals surface area contributed by atoms with Crippen LogP contribution in [0.2, 0.25) is 5.02 Å². The standard InChI is InChI=1S/C11H14BrClFN/c1-11(2,3)10(12)5-9-8(14)4-7(13)6-15-9/h4,6,10H,5H2,1-3H3. The molecule has 0 bridgehead atoms. The Labute approximate surface area is 103 Å². The molecule has 1 aromatic rings. The van der Waals surface area contributed by atoms with E-state index in [4.69, 9.17) is 11.6 Å². The maximum Gasteiger partial charge on any atom is 0.146 e. The molecule has 0 aromatic carbocycles. The predicted molar refractivity (Wildman–Crippen MR) is 65.1 cm³/mol. The van der Waals surface area contributed by atoms with Gasteiger partial charge in [-0.05, 0) is 11.5 Å². The highest BCUT2D eigenvalue weighted by Gasteiger charge is 2.23. The van der Waals surface area contributed by atoms with Crippen molar-refractivity contribution in [1.82, 2.24) is 4.98 Å². The summed E-state index contributed by atoms with van der Waals surface area (Å²) >= 11 is 9.18. The molecule has 1 atom stereocenters. The van der Waals surface area contributed by atoms with Gasteiger partial charge in [-0.15, -0.1) is 0 Å². The Morgan fingerprint density at radius 1 is 1.53 bits per heavy atom. The van der Waals surface area contributed by atoms with Crippen LogP contribution in [0.4, 0.5) is 4.39 Å². The molecular weight excluding hydrogens is 280 g/mol. The third-order valence-corrected chi connectivity index (χ3v) is 4.10. The van der Waals surface area contributed by atoms with Crippen molar-refractivity contribution in [3.8, 4) is 0 Å². The summed E-state index contributed by atoms with van der Waals surface area (Å²) in [4.78, 5) is 4.18. The summed E-state index contributed by atoms with van der Waals surface area (Å²) in [6.45, 7) is 6.29. The topological polar surface area (TPSA) is 12.9 Å². The van der Waals surface area contributed by atoms with E-state index in [2.05, 4.69) is 41.7 Å². The second-order valence-corrected chi connectivity index (χ2v) is 6.16. The number of hydrogen-bond acceptors (Lipinski definition) is 1. The predicted octanol–water partition coefficient (Wildman–Crippen LogP) is 4.23. The Hall–Kier alpha value is -0.150. The third kappa shape index (κ3) is 3.72. The van der Waals surface area contributed by atoms with Gasteiger partial charge < -0.3 is 0 Å². The molecule has 0 saturated carbocycles. The summed E-state index contributed by atoms with van der Waals surface area (Å²) in [5.41, 5.74) is 0.532. The lowest BCUT2D eigenvalue weighted by molar-refractivity contribution is 0.392. The smallest absolute Gasteiger partial charge is 0.146 e. The van der Waals surface area contributed by atoms with Crippen LogP contribution in [0.15, 0.2) is 12.3 Å². The second kappa shape index (κ2) is 4.79. The molecule has 1 aromatic heterocycles. The van der Waals surface area contributed by atoms with Crippen LogP contribution in [0.1, 0.15) is 26.5 Å². The van der Waals surface area contributed by atoms with Gasteiger partial charge in [-0.2, -0.15) is 0 Å². The number of nitrogens with zero attached hydrogens (tertiary/aromatic N) is 1. The maximum atomic E-state index is 13.4. The first-order valence-corrected chi connectivity index (χ1v) is 6.04. The monoisotopic (exact) mass is 293 g/mol. The van der Waals surface area contributed by atoms with Gasteiger partial charge in [0.2, 0.25) is 0 Å². The van der Waals surface area contributed by atoms with E-state index >= 15 is 0 Å². The van der Waals surface area contributed by atoms with Gasteiger partial charge in [-0.25, -0.2) is 4.39 Å². The number of alkyl halides is 1. The number of halogens is 3. The minimum absolute atomic E-state index is 0.0771. The van der Waals surface area contributed by atoms with Crippen LogP contribution in [0.5, 0.6) is 0 Å². The highest BCUT2D eigenvalue weighted by molar-refractivity contribution is 9.09. The Balaban J connectivity index is 2.82. The van der Waals surface area contributed by atoms with E-state index in [1.165, 1.54) is 12.3 Å². The number of pyridine rings is 1. The Morgan fingerprint density at radius 3 is 2.60 bits per heavy atom. The summed E-state index contributed by atoms with van der Waals surface area (Å²) in [5.74, 6) is -0.337. The first kappa shape index (κ1) is 12.9. The molecule has 0 aliphatic heterocycles. The lowest BCUT2D eigenvalue weighted by Gasteiger charge is -2.25. The largest absolute Gasteiger partial charge is 0.257 e. The second-order valence-electron chi connectivity index (χ2n) is 4.62. The summed E-state index contributed by atoms with van der Waals surface area (Å²) < 4.78 is 13.4. The molecule has 0 spiro atoms. The van der Waals surface area contributed by atoms with Crippen molar-refractivity contribution in [3.63, 3.8) is 0 Å². The van der Waals surface area contributed by atoms with Gasteiger partial charge in [-0.3, -0.25) is 4.98 Å². The van der Waals surface area contributed by atoms with E-state index in [0.29, 0.717) is 17.1 Å². The minimum atomic E-state index is -0.337. The highest BCUT2D eigenvalue weighted by Crippen LogP contribution is 2.29.